The molecule has 0 bridgehead atoms. The average molecular weight is 449 g/mol. The topological polar surface area (TPSA) is 81.0 Å². The minimum absolute atomic E-state index is 0.169. The first-order chi connectivity index (χ1) is 14.7. The number of ether oxygens (including phenoxy) is 2. The van der Waals surface area contributed by atoms with Gasteiger partial charge in [0.05, 0.1) is 25.0 Å². The molecule has 1 heterocycles. The van der Waals surface area contributed by atoms with Crippen molar-refractivity contribution in [2.45, 2.75) is 54.0 Å². The second-order valence-electron chi connectivity index (χ2n) is 9.96. The summed E-state index contributed by atoms with van der Waals surface area (Å²) in [5.74, 6) is -0.0804. The van der Waals surface area contributed by atoms with Crippen LogP contribution in [-0.2, 0) is 27.3 Å². The number of methoxy groups -OCH3 is 2. The number of benzene rings is 1. The summed E-state index contributed by atoms with van der Waals surface area (Å²) in [5.41, 5.74) is 1.32. The molecule has 0 saturated carbocycles. The third kappa shape index (κ3) is 7.86. The zero-order chi connectivity index (χ0) is 24.7. The highest BCUT2D eigenvalue weighted by Crippen LogP contribution is 2.29. The van der Waals surface area contributed by atoms with Crippen LogP contribution >= 0.6 is 0 Å². The number of fused-ring (bicyclic) bond motifs is 1. The largest absolute Gasteiger partial charge is 0.497 e. The number of aryl methyl sites for hydroxylation is 1. The van der Waals surface area contributed by atoms with Gasteiger partial charge in [-0.25, -0.2) is 0 Å². The summed E-state index contributed by atoms with van der Waals surface area (Å²) in [6.07, 6.45) is 3.70. The molecule has 0 unspecified atom stereocenters. The predicted molar refractivity (Wildman–Crippen MR) is 128 cm³/mol. The summed E-state index contributed by atoms with van der Waals surface area (Å²) in [5, 5.41) is 10.5. The molecule has 0 radical (unpaired) electrons. The average Bonchev–Trinajstić information content (AvgIpc) is 3.06. The summed E-state index contributed by atoms with van der Waals surface area (Å²) in [4.78, 5) is 24.1. The SMILES string of the molecule is COC(=O)C(C)(C)C.COc1ccc2c(c1)c(CCN(C)C)cn2CCC(C)(C)C(=O)O. The quantitative estimate of drug-likeness (QED) is 0.601. The van der Waals surface area contributed by atoms with Crippen LogP contribution in [0.4, 0.5) is 0 Å². The van der Waals surface area contributed by atoms with Gasteiger partial charge in [-0.05, 0) is 85.3 Å². The molecule has 7 nitrogen and oxygen atoms in total. The molecule has 7 heteroatoms. The maximum absolute atomic E-state index is 11.3. The molecule has 0 aliphatic heterocycles. The standard InChI is InChI=1S/C19H28N2O3.C6H12O2/c1-19(2,18(22)23)9-11-21-13-14(8-10-20(3)4)16-12-15(24-5)6-7-17(16)21;1-6(2,3)5(7)8-4/h6-7,12-13H,8-11H2,1-5H3,(H,22,23);1-4H3. The van der Waals surface area contributed by atoms with E-state index in [1.807, 2.05) is 26.8 Å². The van der Waals surface area contributed by atoms with Gasteiger partial charge in [0.25, 0.3) is 0 Å². The van der Waals surface area contributed by atoms with E-state index in [9.17, 15) is 14.7 Å². The number of hydrogen-bond donors (Lipinski definition) is 1. The summed E-state index contributed by atoms with van der Waals surface area (Å²) in [6, 6.07) is 6.08. The number of hydrogen-bond acceptors (Lipinski definition) is 5. The van der Waals surface area contributed by atoms with Crippen LogP contribution in [0.15, 0.2) is 24.4 Å². The maximum atomic E-state index is 11.3. The lowest BCUT2D eigenvalue weighted by Gasteiger charge is -2.19. The lowest BCUT2D eigenvalue weighted by atomic mass is 9.89. The summed E-state index contributed by atoms with van der Waals surface area (Å²) in [7, 11) is 7.20. The van der Waals surface area contributed by atoms with Gasteiger partial charge >= 0.3 is 11.9 Å². The summed E-state index contributed by atoms with van der Waals surface area (Å²) in [6.45, 7) is 10.7. The van der Waals surface area contributed by atoms with Gasteiger partial charge in [0, 0.05) is 30.2 Å². The third-order valence-corrected chi connectivity index (χ3v) is 5.35. The first-order valence-corrected chi connectivity index (χ1v) is 10.8. The minimum Gasteiger partial charge on any atom is -0.497 e. The van der Waals surface area contributed by atoms with Crippen LogP contribution in [0, 0.1) is 10.8 Å². The number of aliphatic carboxylic acids is 1. The molecule has 2 rings (SSSR count). The Morgan fingerprint density at radius 2 is 1.72 bits per heavy atom. The monoisotopic (exact) mass is 448 g/mol. The predicted octanol–water partition coefficient (Wildman–Crippen LogP) is 4.46. The zero-order valence-electron chi connectivity index (χ0n) is 21.1. The molecule has 32 heavy (non-hydrogen) atoms. The Hall–Kier alpha value is -2.54. The molecule has 0 aliphatic rings. The van der Waals surface area contributed by atoms with E-state index < -0.39 is 11.4 Å². The van der Waals surface area contributed by atoms with Gasteiger partial charge < -0.3 is 24.0 Å². The molecule has 0 saturated heterocycles. The second-order valence-corrected chi connectivity index (χ2v) is 9.96. The lowest BCUT2D eigenvalue weighted by Crippen LogP contribution is -2.25. The van der Waals surface area contributed by atoms with Crippen LogP contribution in [0.3, 0.4) is 0 Å². The molecule has 0 atom stereocenters. The highest BCUT2D eigenvalue weighted by atomic mass is 16.5. The van der Waals surface area contributed by atoms with E-state index in [1.54, 1.807) is 21.0 Å². The Bertz CT molecular complexity index is 907. The number of likely N-dealkylation sites (N-methyl/N-ethyl adjacent to an activating group) is 1. The molecule has 1 aromatic carbocycles. The van der Waals surface area contributed by atoms with Crippen molar-refractivity contribution in [3.8, 4) is 5.75 Å². The van der Waals surface area contributed by atoms with Crippen LogP contribution in [0.1, 0.15) is 46.6 Å². The minimum atomic E-state index is -0.756. The second kappa shape index (κ2) is 11.4. The van der Waals surface area contributed by atoms with E-state index in [-0.39, 0.29) is 11.4 Å². The number of rotatable bonds is 8. The van der Waals surface area contributed by atoms with Crippen molar-refractivity contribution in [2.24, 2.45) is 10.8 Å². The molecule has 1 N–H and O–H groups in total. The van der Waals surface area contributed by atoms with Crippen molar-refractivity contribution in [3.63, 3.8) is 0 Å². The first-order valence-electron chi connectivity index (χ1n) is 10.8. The number of nitrogens with zero attached hydrogens (tertiary/aromatic N) is 2. The van der Waals surface area contributed by atoms with Crippen molar-refractivity contribution in [1.82, 2.24) is 9.47 Å². The van der Waals surface area contributed by atoms with E-state index >= 15 is 0 Å². The number of carbonyl (C=O) groups excluding carboxylic acids is 1. The van der Waals surface area contributed by atoms with Gasteiger partial charge in [-0.3, -0.25) is 9.59 Å². The van der Waals surface area contributed by atoms with Crippen LogP contribution in [0.5, 0.6) is 5.75 Å². The first kappa shape index (κ1) is 27.5. The van der Waals surface area contributed by atoms with E-state index in [0.717, 1.165) is 24.2 Å². The Kier molecular flexibility index (Phi) is 9.76. The summed E-state index contributed by atoms with van der Waals surface area (Å²) < 4.78 is 12.0. The van der Waals surface area contributed by atoms with Crippen molar-refractivity contribution in [2.75, 3.05) is 34.9 Å². The molecular formula is C25H40N2O5. The Morgan fingerprint density at radius 3 is 2.16 bits per heavy atom. The van der Waals surface area contributed by atoms with Gasteiger partial charge in [-0.2, -0.15) is 0 Å². The fourth-order valence-corrected chi connectivity index (χ4v) is 3.02. The highest BCUT2D eigenvalue weighted by molar-refractivity contribution is 5.85. The fraction of sp³-hybridized carbons (Fsp3) is 0.600. The molecule has 0 aliphatic carbocycles. The van der Waals surface area contributed by atoms with Crippen LogP contribution in [-0.4, -0.2) is 61.4 Å². The van der Waals surface area contributed by atoms with Crippen LogP contribution in [0.25, 0.3) is 10.9 Å². The molecule has 0 amide bonds. The van der Waals surface area contributed by atoms with E-state index in [4.69, 9.17) is 4.74 Å². The van der Waals surface area contributed by atoms with E-state index in [2.05, 4.69) is 46.6 Å². The van der Waals surface area contributed by atoms with Crippen LogP contribution in [0.2, 0.25) is 0 Å². The Labute approximate surface area is 192 Å². The molecule has 2 aromatic rings. The summed E-state index contributed by atoms with van der Waals surface area (Å²) >= 11 is 0. The molecule has 1 aromatic heterocycles. The van der Waals surface area contributed by atoms with Gasteiger partial charge in [0.15, 0.2) is 0 Å². The molecule has 0 fully saturated rings. The van der Waals surface area contributed by atoms with Crippen molar-refractivity contribution >= 4 is 22.8 Å². The Morgan fingerprint density at radius 1 is 1.09 bits per heavy atom. The number of carboxylic acid groups (broad SMARTS) is 1. The van der Waals surface area contributed by atoms with Crippen LogP contribution < -0.4 is 4.74 Å². The smallest absolute Gasteiger partial charge is 0.310 e. The molecular weight excluding hydrogens is 408 g/mol. The van der Waals surface area contributed by atoms with Crippen molar-refractivity contribution in [1.29, 1.82) is 0 Å². The lowest BCUT2D eigenvalue weighted by molar-refractivity contribution is -0.149. The number of aromatic nitrogens is 1. The van der Waals surface area contributed by atoms with Gasteiger partial charge in [0.2, 0.25) is 0 Å². The normalized spacial score (nSPS) is 11.8. The van der Waals surface area contributed by atoms with Gasteiger partial charge in [-0.1, -0.05) is 0 Å². The molecule has 0 spiro atoms. The zero-order valence-corrected chi connectivity index (χ0v) is 21.1. The fourth-order valence-electron chi connectivity index (χ4n) is 3.02. The third-order valence-electron chi connectivity index (χ3n) is 5.35. The van der Waals surface area contributed by atoms with Gasteiger partial charge in [-0.15, -0.1) is 0 Å². The number of carboxylic acids is 1. The van der Waals surface area contributed by atoms with Crippen molar-refractivity contribution in [3.05, 3.63) is 30.0 Å². The maximum Gasteiger partial charge on any atom is 0.310 e. The van der Waals surface area contributed by atoms with E-state index in [1.165, 1.54) is 18.1 Å². The van der Waals surface area contributed by atoms with Gasteiger partial charge in [0.1, 0.15) is 5.75 Å². The molecule has 180 valence electrons. The number of esters is 1. The Balaban J connectivity index is 0.000000547. The number of carbonyl (C=O) groups is 2. The van der Waals surface area contributed by atoms with E-state index in [0.29, 0.717) is 13.0 Å². The highest BCUT2D eigenvalue weighted by Gasteiger charge is 2.27. The van der Waals surface area contributed by atoms with Crippen molar-refractivity contribution < 1.29 is 24.2 Å².